The van der Waals surface area contributed by atoms with Gasteiger partial charge < -0.3 is 40.4 Å². The summed E-state index contributed by atoms with van der Waals surface area (Å²) < 4.78 is 79.6. The standard InChI is InChI=1S/C53H48N4O11S3/c1-28-14-30-16-34-22-42(70(62,63)64)24-36(51(34)60)18-32-20-39(21-33(50(32)59)19-37-25-43(71(65,66)67)23-35(52(37)61)17-31(15-28)49(30)58)55-53(69)54-38-8-6-29(7-9-38)48-44-12-10-40(56(2)3)26-46(44)68-47-27-41(57(4)5)11-13-45(47)48/h6-15,20-27H,16-19H2,1-5H3,(H7,55,58,59,60,61,62,63,64,65,66,67,69)/p+1. The number of phenols is 4. The summed E-state index contributed by atoms with van der Waals surface area (Å²) in [7, 11) is -1.78. The molecule has 1 heterocycles. The summed E-state index contributed by atoms with van der Waals surface area (Å²) in [5.74, 6) is -0.606. The van der Waals surface area contributed by atoms with Gasteiger partial charge in [-0.15, -0.1) is 0 Å². The molecule has 0 saturated heterocycles. The fraction of sp³-hybridized carbons (Fsp3) is 0.170. The van der Waals surface area contributed by atoms with Crippen LogP contribution in [-0.4, -0.2) is 79.7 Å². The molecule has 9 rings (SSSR count). The molecule has 6 aromatic rings. The van der Waals surface area contributed by atoms with Crippen LogP contribution in [0.5, 0.6) is 23.0 Å². The molecule has 15 nitrogen and oxygen atoms in total. The first kappa shape index (κ1) is 48.5. The molecule has 0 saturated carbocycles. The van der Waals surface area contributed by atoms with Gasteiger partial charge >= 0.3 is 0 Å². The van der Waals surface area contributed by atoms with Gasteiger partial charge in [-0.05, 0) is 103 Å². The van der Waals surface area contributed by atoms with Crippen LogP contribution in [0.25, 0.3) is 33.4 Å². The Kier molecular flexibility index (Phi) is 12.6. The predicted molar refractivity (Wildman–Crippen MR) is 278 cm³/mol. The van der Waals surface area contributed by atoms with Crippen molar-refractivity contribution in [3.8, 4) is 45.4 Å². The van der Waals surface area contributed by atoms with Crippen molar-refractivity contribution >= 4 is 65.6 Å². The number of hydrogen-bond acceptors (Lipinski definition) is 11. The molecule has 6 aromatic carbocycles. The first-order valence-corrected chi connectivity index (χ1v) is 25.5. The zero-order valence-electron chi connectivity index (χ0n) is 39.1. The Labute approximate surface area is 415 Å². The van der Waals surface area contributed by atoms with E-state index >= 15 is 0 Å². The van der Waals surface area contributed by atoms with Crippen LogP contribution < -0.4 is 25.5 Å². The van der Waals surface area contributed by atoms with Crippen molar-refractivity contribution in [1.29, 1.82) is 0 Å². The van der Waals surface area contributed by atoms with Gasteiger partial charge in [0, 0.05) is 119 Å². The zero-order chi connectivity index (χ0) is 50.8. The highest BCUT2D eigenvalue weighted by Crippen LogP contribution is 2.43. The molecule has 364 valence electrons. The fourth-order valence-electron chi connectivity index (χ4n) is 9.17. The Hall–Kier alpha value is -7.48. The van der Waals surface area contributed by atoms with Gasteiger partial charge in [0.15, 0.2) is 5.11 Å². The number of anilines is 3. The minimum atomic E-state index is -4.83. The van der Waals surface area contributed by atoms with Crippen molar-refractivity contribution in [2.75, 3.05) is 43.7 Å². The molecule has 8 N–H and O–H groups in total. The van der Waals surface area contributed by atoms with E-state index in [1.165, 1.54) is 12.1 Å². The lowest BCUT2D eigenvalue weighted by molar-refractivity contribution is 0.449. The molecule has 3 aliphatic rings. The minimum Gasteiger partial charge on any atom is -0.507 e. The average molecular weight is 1010 g/mol. The Bertz CT molecular complexity index is 3660. The third-order valence-corrected chi connectivity index (χ3v) is 14.6. The predicted octanol–water partition coefficient (Wildman–Crippen LogP) is 8.41. The third kappa shape index (κ3) is 9.84. The topological polar surface area (TPSA) is 233 Å². The number of nitrogens with zero attached hydrogens (tertiary/aromatic N) is 2. The maximum absolute atomic E-state index is 12.6. The van der Waals surface area contributed by atoms with Crippen LogP contribution in [-0.2, 0) is 45.9 Å². The first-order valence-electron chi connectivity index (χ1n) is 22.2. The molecule has 0 aromatic heterocycles. The summed E-state index contributed by atoms with van der Waals surface area (Å²) in [4.78, 5) is 0.952. The Balaban J connectivity index is 1.11. The monoisotopic (exact) mass is 1010 g/mol. The van der Waals surface area contributed by atoms with Gasteiger partial charge in [-0.2, -0.15) is 16.8 Å². The van der Waals surface area contributed by atoms with Crippen LogP contribution in [0.3, 0.4) is 0 Å². The molecule has 0 unspecified atom stereocenters. The van der Waals surface area contributed by atoms with Crippen LogP contribution in [0.1, 0.15) is 50.1 Å². The van der Waals surface area contributed by atoms with E-state index in [2.05, 4.69) is 10.6 Å². The lowest BCUT2D eigenvalue weighted by atomic mass is 9.90. The second-order valence-electron chi connectivity index (χ2n) is 18.2. The van der Waals surface area contributed by atoms with Crippen LogP contribution >= 0.6 is 12.2 Å². The van der Waals surface area contributed by atoms with Crippen molar-refractivity contribution in [3.63, 3.8) is 0 Å². The molecule has 0 amide bonds. The summed E-state index contributed by atoms with van der Waals surface area (Å²) in [6, 6.07) is 30.5. The van der Waals surface area contributed by atoms with Crippen molar-refractivity contribution < 1.29 is 50.8 Å². The SMILES string of the molecule is Cc1cc2c(O)c(c1)Cc1cc(S(=O)(=O)O)cc(c1O)Cc1cc(NC(=S)Nc3ccc(-c4c5ccc(=[N+](C)C)cc-5oc5cc(N(C)C)ccc45)cc3)cc(c1O)Cc1cc(S(=O)(=O)O)cc(c1O)C2. The van der Waals surface area contributed by atoms with Crippen LogP contribution in [0.15, 0.2) is 123 Å². The number of rotatable bonds is 6. The number of benzene rings is 7. The summed E-state index contributed by atoms with van der Waals surface area (Å²) in [6.45, 7) is 1.73. The number of aryl methyl sites for hydroxylation is 1. The number of aromatic hydroxyl groups is 4. The van der Waals surface area contributed by atoms with Gasteiger partial charge in [0.25, 0.3) is 20.2 Å². The highest BCUT2D eigenvalue weighted by atomic mass is 32.2. The second kappa shape index (κ2) is 18.4. The average Bonchev–Trinajstić information content (AvgIpc) is 3.29. The van der Waals surface area contributed by atoms with E-state index in [9.17, 15) is 46.4 Å². The van der Waals surface area contributed by atoms with Gasteiger partial charge in [0.1, 0.15) is 48.4 Å². The Morgan fingerprint density at radius 2 is 1.04 bits per heavy atom. The zero-order valence-corrected chi connectivity index (χ0v) is 41.5. The number of phenolic OH excluding ortho intramolecular Hbond substituents is 4. The van der Waals surface area contributed by atoms with E-state index in [1.807, 2.05) is 98.3 Å². The molecular formula is C53H49N4O11S3+. The molecule has 1 aliphatic heterocycles. The Morgan fingerprint density at radius 3 is 1.49 bits per heavy atom. The molecule has 0 atom stereocenters. The van der Waals surface area contributed by atoms with E-state index < -0.39 is 30.0 Å². The maximum atomic E-state index is 12.6. The van der Waals surface area contributed by atoms with E-state index in [4.69, 9.17) is 16.6 Å². The van der Waals surface area contributed by atoms with Gasteiger partial charge in [-0.3, -0.25) is 9.11 Å². The second-order valence-corrected chi connectivity index (χ2v) is 21.4. The first-order chi connectivity index (χ1) is 33.5. The molecule has 0 radical (unpaired) electrons. The number of hydrogen-bond donors (Lipinski definition) is 8. The van der Waals surface area contributed by atoms with Crippen LogP contribution in [0.2, 0.25) is 0 Å². The number of fused-ring (bicyclic) bond motifs is 10. The molecule has 2 aliphatic carbocycles. The van der Waals surface area contributed by atoms with Gasteiger partial charge in [-0.25, -0.2) is 4.58 Å². The maximum Gasteiger partial charge on any atom is 0.294 e. The summed E-state index contributed by atoms with van der Waals surface area (Å²) in [5.41, 5.74) is 6.89. The van der Waals surface area contributed by atoms with Gasteiger partial charge in [-0.1, -0.05) is 29.8 Å². The van der Waals surface area contributed by atoms with Gasteiger partial charge in [0.2, 0.25) is 5.36 Å². The summed E-state index contributed by atoms with van der Waals surface area (Å²) in [6.07, 6.45) is -1.08. The summed E-state index contributed by atoms with van der Waals surface area (Å²) >= 11 is 5.81. The van der Waals surface area contributed by atoms with E-state index in [-0.39, 0.29) is 98.3 Å². The lowest BCUT2D eigenvalue weighted by Crippen LogP contribution is -2.21. The van der Waals surface area contributed by atoms with Crippen molar-refractivity contribution in [3.05, 3.63) is 165 Å². The number of nitrogens with one attached hydrogen (secondary N) is 2. The summed E-state index contributed by atoms with van der Waals surface area (Å²) in [5, 5.41) is 55.3. The van der Waals surface area contributed by atoms with E-state index in [0.29, 0.717) is 16.9 Å². The minimum absolute atomic E-state index is 0.00351. The molecular weight excluding hydrogens is 965 g/mol. The highest BCUT2D eigenvalue weighted by Gasteiger charge is 2.25. The fourth-order valence-corrected chi connectivity index (χ4v) is 10.6. The van der Waals surface area contributed by atoms with Crippen molar-refractivity contribution in [2.24, 2.45) is 0 Å². The number of thiocarbonyl (C=S) groups is 1. The molecule has 18 heteroatoms. The quantitative estimate of drug-likeness (QED) is 0.0257. The largest absolute Gasteiger partial charge is 0.507 e. The lowest BCUT2D eigenvalue weighted by Gasteiger charge is -2.20. The molecule has 0 spiro atoms. The molecule has 8 bridgehead atoms. The van der Waals surface area contributed by atoms with Gasteiger partial charge in [0.05, 0.1) is 15.9 Å². The molecule has 71 heavy (non-hydrogen) atoms. The normalized spacial score (nSPS) is 12.7. The smallest absolute Gasteiger partial charge is 0.294 e. The van der Waals surface area contributed by atoms with E-state index in [0.717, 1.165) is 68.7 Å². The highest BCUT2D eigenvalue weighted by molar-refractivity contribution is 7.86. The van der Waals surface area contributed by atoms with Crippen LogP contribution in [0.4, 0.5) is 17.1 Å². The van der Waals surface area contributed by atoms with Crippen LogP contribution in [0, 0.1) is 6.92 Å². The van der Waals surface area contributed by atoms with E-state index in [1.54, 1.807) is 19.1 Å². The van der Waals surface area contributed by atoms with Crippen molar-refractivity contribution in [2.45, 2.75) is 42.4 Å². The third-order valence-electron chi connectivity index (χ3n) is 12.7. The molecule has 0 fully saturated rings. The van der Waals surface area contributed by atoms with Crippen molar-refractivity contribution in [1.82, 2.24) is 4.58 Å². The Morgan fingerprint density at radius 1 is 0.592 bits per heavy atom.